The van der Waals surface area contributed by atoms with Crippen LogP contribution in [0.3, 0.4) is 0 Å². The molecule has 0 atom stereocenters. The monoisotopic (exact) mass is 805 g/mol. The van der Waals surface area contributed by atoms with Gasteiger partial charge in [0, 0.05) is 37.9 Å². The first-order chi connectivity index (χ1) is 31.2. The van der Waals surface area contributed by atoms with Crippen molar-refractivity contribution in [3.05, 3.63) is 212 Å². The largest absolute Gasteiger partial charge is 0.456 e. The molecule has 13 aromatic rings. The normalized spacial score (nSPS) is 11.8. The van der Waals surface area contributed by atoms with Crippen molar-refractivity contribution < 1.29 is 4.42 Å². The fourth-order valence-electron chi connectivity index (χ4n) is 9.39. The van der Waals surface area contributed by atoms with Crippen molar-refractivity contribution in [2.24, 2.45) is 0 Å². The van der Waals surface area contributed by atoms with E-state index in [1.807, 2.05) is 12.1 Å². The van der Waals surface area contributed by atoms with Crippen molar-refractivity contribution >= 4 is 65.6 Å². The summed E-state index contributed by atoms with van der Waals surface area (Å²) < 4.78 is 10.5. The Morgan fingerprint density at radius 2 is 0.683 bits per heavy atom. The third-order valence-electron chi connectivity index (χ3n) is 12.4. The molecule has 0 bridgehead atoms. The Morgan fingerprint density at radius 3 is 1.27 bits per heavy atom. The molecule has 0 saturated heterocycles. The van der Waals surface area contributed by atoms with E-state index in [0.717, 1.165) is 104 Å². The third-order valence-corrected chi connectivity index (χ3v) is 12.4. The molecule has 63 heavy (non-hydrogen) atoms. The molecular weight excluding hydrogens is 771 g/mol. The van der Waals surface area contributed by atoms with Crippen LogP contribution < -0.4 is 0 Å². The Labute approximate surface area is 361 Å². The van der Waals surface area contributed by atoms with Gasteiger partial charge >= 0.3 is 0 Å². The minimum Gasteiger partial charge on any atom is -0.456 e. The summed E-state index contributed by atoms with van der Waals surface area (Å²) in [6, 6.07) is 74.6. The smallest absolute Gasteiger partial charge is 0.240 e. The van der Waals surface area contributed by atoms with Gasteiger partial charge in [0.2, 0.25) is 11.9 Å². The molecule has 0 aliphatic rings. The lowest BCUT2D eigenvalue weighted by atomic mass is 10.0. The fourth-order valence-corrected chi connectivity index (χ4v) is 9.39. The number of hydrogen-bond acceptors (Lipinski definition) is 4. The average molecular weight is 806 g/mol. The Balaban J connectivity index is 1.05. The van der Waals surface area contributed by atoms with Gasteiger partial charge in [0.25, 0.3) is 0 Å². The summed E-state index contributed by atoms with van der Waals surface area (Å²) in [5, 5.41) is 6.73. The van der Waals surface area contributed by atoms with Gasteiger partial charge in [-0.25, -0.2) is 0 Å². The van der Waals surface area contributed by atoms with Crippen molar-refractivity contribution in [2.75, 3.05) is 0 Å². The SMILES string of the molecule is c1ccc(-c2ccc3c4ccccc4n(-c4nc(-c5ccc(-c6ccc7oc8ccccc8c7c6)cc5)nc(-n5c6ccccc6c6ccc(-c7ccccc7)cc65)n4)c3c2)cc1. The van der Waals surface area contributed by atoms with Crippen molar-refractivity contribution in [3.63, 3.8) is 0 Å². The highest BCUT2D eigenvalue weighted by Crippen LogP contribution is 2.38. The summed E-state index contributed by atoms with van der Waals surface area (Å²) in [6.07, 6.45) is 0. The molecule has 0 radical (unpaired) electrons. The number of furan rings is 1. The average Bonchev–Trinajstić information content (AvgIpc) is 4.01. The molecule has 4 heterocycles. The topological polar surface area (TPSA) is 61.7 Å². The van der Waals surface area contributed by atoms with E-state index < -0.39 is 0 Å². The summed E-state index contributed by atoms with van der Waals surface area (Å²) in [5.74, 6) is 1.66. The highest BCUT2D eigenvalue weighted by Gasteiger charge is 2.21. The fraction of sp³-hybridized carbons (Fsp3) is 0. The lowest BCUT2D eigenvalue weighted by Gasteiger charge is -2.13. The van der Waals surface area contributed by atoms with Crippen molar-refractivity contribution in [2.45, 2.75) is 0 Å². The molecule has 0 saturated carbocycles. The molecule has 0 amide bonds. The number of rotatable bonds is 6. The van der Waals surface area contributed by atoms with Crippen LogP contribution in [-0.4, -0.2) is 24.1 Å². The van der Waals surface area contributed by atoms with Gasteiger partial charge in [-0.1, -0.05) is 170 Å². The summed E-state index contributed by atoms with van der Waals surface area (Å²) >= 11 is 0. The summed E-state index contributed by atoms with van der Waals surface area (Å²) in [4.78, 5) is 16.2. The van der Waals surface area contributed by atoms with Crippen molar-refractivity contribution in [1.82, 2.24) is 24.1 Å². The number of fused-ring (bicyclic) bond motifs is 9. The number of aromatic nitrogens is 5. The van der Waals surface area contributed by atoms with Crippen LogP contribution in [0.1, 0.15) is 0 Å². The second-order valence-electron chi connectivity index (χ2n) is 16.0. The first kappa shape index (κ1) is 35.2. The lowest BCUT2D eigenvalue weighted by molar-refractivity contribution is 0.669. The molecule has 294 valence electrons. The van der Waals surface area contributed by atoms with Gasteiger partial charge < -0.3 is 4.42 Å². The minimum atomic E-state index is 0.540. The van der Waals surface area contributed by atoms with Crippen LogP contribution in [0.4, 0.5) is 0 Å². The van der Waals surface area contributed by atoms with E-state index in [9.17, 15) is 0 Å². The Hall–Kier alpha value is -8.61. The zero-order valence-electron chi connectivity index (χ0n) is 33.9. The van der Waals surface area contributed by atoms with Crippen LogP contribution in [-0.2, 0) is 0 Å². The van der Waals surface area contributed by atoms with Crippen LogP contribution in [0.25, 0.3) is 122 Å². The number of benzene rings is 9. The van der Waals surface area contributed by atoms with Gasteiger partial charge in [0.1, 0.15) is 11.2 Å². The molecule has 6 heteroatoms. The second-order valence-corrected chi connectivity index (χ2v) is 16.0. The molecule has 13 rings (SSSR count). The molecule has 9 aromatic carbocycles. The maximum atomic E-state index is 6.14. The molecule has 0 aliphatic carbocycles. The van der Waals surface area contributed by atoms with Gasteiger partial charge in [0.05, 0.1) is 22.1 Å². The van der Waals surface area contributed by atoms with E-state index in [1.54, 1.807) is 0 Å². The maximum Gasteiger partial charge on any atom is 0.240 e. The second kappa shape index (κ2) is 14.0. The van der Waals surface area contributed by atoms with Crippen LogP contribution in [0.15, 0.2) is 217 Å². The molecular formula is C57H35N5O. The van der Waals surface area contributed by atoms with E-state index in [4.69, 9.17) is 19.4 Å². The van der Waals surface area contributed by atoms with Gasteiger partial charge in [-0.05, 0) is 75.8 Å². The van der Waals surface area contributed by atoms with E-state index >= 15 is 0 Å². The van der Waals surface area contributed by atoms with Crippen LogP contribution in [0, 0.1) is 0 Å². The van der Waals surface area contributed by atoms with Crippen LogP contribution in [0.5, 0.6) is 0 Å². The quantitative estimate of drug-likeness (QED) is 0.168. The predicted octanol–water partition coefficient (Wildman–Crippen LogP) is 14.6. The zero-order valence-corrected chi connectivity index (χ0v) is 33.9. The van der Waals surface area contributed by atoms with Gasteiger partial charge in [-0.3, -0.25) is 9.13 Å². The van der Waals surface area contributed by atoms with Gasteiger partial charge in [-0.2, -0.15) is 15.0 Å². The van der Waals surface area contributed by atoms with Crippen LogP contribution >= 0.6 is 0 Å². The Kier molecular flexibility index (Phi) is 7.80. The highest BCUT2D eigenvalue weighted by molar-refractivity contribution is 6.11. The Bertz CT molecular complexity index is 3720. The Morgan fingerprint density at radius 1 is 0.270 bits per heavy atom. The summed E-state index contributed by atoms with van der Waals surface area (Å²) in [6.45, 7) is 0. The third kappa shape index (κ3) is 5.69. The standard InChI is InChI=1S/C57H35N5O/c1-3-13-36(14-4-1)41-27-30-45-43-17-7-10-20-49(43)61(51(45)34-41)56-58-55(39-25-23-38(24-26-39)40-29-32-54-48(33-40)47-19-9-12-22-53(47)63-54)59-57(60-56)62-50-21-11-8-18-44(50)46-31-28-42(35-52(46)62)37-15-5-2-6-16-37/h1-35H. The van der Waals surface area contributed by atoms with Crippen LogP contribution in [0.2, 0.25) is 0 Å². The molecule has 0 fully saturated rings. The molecule has 0 spiro atoms. The van der Waals surface area contributed by atoms with E-state index in [0.29, 0.717) is 17.7 Å². The molecule has 0 unspecified atom stereocenters. The molecule has 0 aliphatic heterocycles. The zero-order chi connectivity index (χ0) is 41.4. The van der Waals surface area contributed by atoms with Crippen molar-refractivity contribution in [1.29, 1.82) is 0 Å². The van der Waals surface area contributed by atoms with Crippen molar-refractivity contribution in [3.8, 4) is 56.7 Å². The van der Waals surface area contributed by atoms with E-state index in [2.05, 4.69) is 209 Å². The van der Waals surface area contributed by atoms with Gasteiger partial charge in [0.15, 0.2) is 5.82 Å². The molecule has 4 aromatic heterocycles. The first-order valence-corrected chi connectivity index (χ1v) is 21.2. The number of para-hydroxylation sites is 3. The number of nitrogens with zero attached hydrogens (tertiary/aromatic N) is 5. The number of hydrogen-bond donors (Lipinski definition) is 0. The molecule has 0 N–H and O–H groups in total. The molecule has 6 nitrogen and oxygen atoms in total. The van der Waals surface area contributed by atoms with Gasteiger partial charge in [-0.15, -0.1) is 0 Å². The predicted molar refractivity (Wildman–Crippen MR) is 258 cm³/mol. The van der Waals surface area contributed by atoms with E-state index in [-0.39, 0.29) is 0 Å². The summed E-state index contributed by atoms with van der Waals surface area (Å²) in [7, 11) is 0. The first-order valence-electron chi connectivity index (χ1n) is 21.2. The lowest BCUT2D eigenvalue weighted by Crippen LogP contribution is -2.10. The summed E-state index contributed by atoms with van der Waals surface area (Å²) in [5.41, 5.74) is 13.5. The maximum absolute atomic E-state index is 6.14. The highest BCUT2D eigenvalue weighted by atomic mass is 16.3. The van der Waals surface area contributed by atoms with E-state index in [1.165, 1.54) is 0 Å². The minimum absolute atomic E-state index is 0.540.